The van der Waals surface area contributed by atoms with Gasteiger partial charge in [-0.15, -0.1) is 0 Å². The van der Waals surface area contributed by atoms with E-state index in [1.165, 1.54) is 0 Å². The molecule has 0 fully saturated rings. The summed E-state index contributed by atoms with van der Waals surface area (Å²) in [4.78, 5) is 4.33. The van der Waals surface area contributed by atoms with Crippen LogP contribution in [0.1, 0.15) is 19.4 Å². The van der Waals surface area contributed by atoms with E-state index in [9.17, 15) is 0 Å². The number of aliphatic hydroxyl groups excluding tert-OH is 1. The number of hydrogen-bond donors (Lipinski definition) is 1. The second-order valence-corrected chi connectivity index (χ2v) is 4.30. The Morgan fingerprint density at radius 2 is 2.00 bits per heavy atom. The number of hydrogen-bond acceptors (Lipinski definition) is 3. The maximum absolute atomic E-state index is 8.88. The number of fused-ring (bicyclic) bond motifs is 1. The topological polar surface area (TPSA) is 55.4 Å². The summed E-state index contributed by atoms with van der Waals surface area (Å²) in [7, 11) is 0. The van der Waals surface area contributed by atoms with Crippen molar-refractivity contribution in [1.29, 1.82) is 0 Å². The average molecular weight is 272 g/mol. The Labute approximate surface area is 118 Å². The van der Waals surface area contributed by atoms with Crippen molar-refractivity contribution in [1.82, 2.24) is 19.2 Å². The lowest BCUT2D eigenvalue weighted by molar-refractivity contribution is 0.276. The SMILES string of the molecule is CC.Cc1cnn2cc(-c3cn(CCO)cn3)ccc12. The zero-order valence-corrected chi connectivity index (χ0v) is 12.1. The first-order valence-corrected chi connectivity index (χ1v) is 6.85. The molecule has 0 spiro atoms. The number of aryl methyl sites for hydroxylation is 1. The van der Waals surface area contributed by atoms with Crippen LogP contribution in [0.4, 0.5) is 0 Å². The maximum Gasteiger partial charge on any atom is 0.0954 e. The van der Waals surface area contributed by atoms with Crippen LogP contribution in [0.5, 0.6) is 0 Å². The van der Waals surface area contributed by atoms with E-state index in [0.29, 0.717) is 6.54 Å². The van der Waals surface area contributed by atoms with Crippen LogP contribution in [0.2, 0.25) is 0 Å². The molecule has 0 aliphatic rings. The largest absolute Gasteiger partial charge is 0.395 e. The summed E-state index contributed by atoms with van der Waals surface area (Å²) in [5, 5.41) is 13.2. The highest BCUT2D eigenvalue weighted by Crippen LogP contribution is 2.19. The summed E-state index contributed by atoms with van der Waals surface area (Å²) < 4.78 is 3.73. The Hall–Kier alpha value is -2.14. The number of aromatic nitrogens is 4. The van der Waals surface area contributed by atoms with Gasteiger partial charge in [0.1, 0.15) is 0 Å². The minimum absolute atomic E-state index is 0.118. The van der Waals surface area contributed by atoms with E-state index < -0.39 is 0 Å². The minimum Gasteiger partial charge on any atom is -0.395 e. The third-order valence-corrected chi connectivity index (χ3v) is 3.00. The Morgan fingerprint density at radius 1 is 1.20 bits per heavy atom. The predicted molar refractivity (Wildman–Crippen MR) is 79.6 cm³/mol. The number of pyridine rings is 1. The summed E-state index contributed by atoms with van der Waals surface area (Å²) in [5.41, 5.74) is 4.17. The van der Waals surface area contributed by atoms with Crippen LogP contribution in [0.3, 0.4) is 0 Å². The van der Waals surface area contributed by atoms with Crippen LogP contribution in [0.15, 0.2) is 37.1 Å². The smallest absolute Gasteiger partial charge is 0.0954 e. The average Bonchev–Trinajstić information content (AvgIpc) is 3.09. The Balaban J connectivity index is 0.000000704. The van der Waals surface area contributed by atoms with Crippen molar-refractivity contribution in [2.24, 2.45) is 0 Å². The predicted octanol–water partition coefficient (Wildman–Crippen LogP) is 2.52. The summed E-state index contributed by atoms with van der Waals surface area (Å²) >= 11 is 0. The van der Waals surface area contributed by atoms with E-state index in [0.717, 1.165) is 22.3 Å². The van der Waals surface area contributed by atoms with Gasteiger partial charge in [-0.3, -0.25) is 0 Å². The molecule has 3 heterocycles. The van der Waals surface area contributed by atoms with Crippen LogP contribution in [-0.2, 0) is 6.54 Å². The molecule has 0 saturated carbocycles. The lowest BCUT2D eigenvalue weighted by Gasteiger charge is -1.99. The fourth-order valence-corrected chi connectivity index (χ4v) is 2.01. The van der Waals surface area contributed by atoms with E-state index in [-0.39, 0.29) is 6.61 Å². The van der Waals surface area contributed by atoms with Crippen molar-refractivity contribution < 1.29 is 5.11 Å². The summed E-state index contributed by atoms with van der Waals surface area (Å²) in [6.45, 7) is 6.72. The molecule has 0 saturated heterocycles. The first-order chi connectivity index (χ1) is 9.78. The number of nitrogens with zero attached hydrogens (tertiary/aromatic N) is 4. The summed E-state index contributed by atoms with van der Waals surface area (Å²) in [6.07, 6.45) is 7.47. The standard InChI is InChI=1S/C13H14N4O.C2H6/c1-10-6-15-17-7-11(2-3-13(10)17)12-8-16(4-5-18)9-14-12;1-2/h2-3,6-9,18H,4-5H2,1H3;1-2H3. The molecule has 0 aliphatic heterocycles. The lowest BCUT2D eigenvalue weighted by Crippen LogP contribution is -1.97. The fourth-order valence-electron chi connectivity index (χ4n) is 2.01. The van der Waals surface area contributed by atoms with Crippen molar-refractivity contribution in [3.8, 4) is 11.3 Å². The molecule has 0 atom stereocenters. The number of aliphatic hydroxyl groups is 1. The molecule has 0 bridgehead atoms. The van der Waals surface area contributed by atoms with Crippen molar-refractivity contribution in [2.45, 2.75) is 27.3 Å². The zero-order valence-electron chi connectivity index (χ0n) is 12.1. The van der Waals surface area contributed by atoms with Gasteiger partial charge in [-0.1, -0.05) is 13.8 Å². The van der Waals surface area contributed by atoms with Crippen molar-refractivity contribution in [3.05, 3.63) is 42.6 Å². The van der Waals surface area contributed by atoms with Gasteiger partial charge in [0.2, 0.25) is 0 Å². The summed E-state index contributed by atoms with van der Waals surface area (Å²) in [5.74, 6) is 0. The van der Waals surface area contributed by atoms with Crippen molar-refractivity contribution in [2.75, 3.05) is 6.61 Å². The van der Waals surface area contributed by atoms with E-state index in [1.54, 1.807) is 6.33 Å². The molecule has 0 unspecified atom stereocenters. The van der Waals surface area contributed by atoms with Crippen LogP contribution in [-0.4, -0.2) is 30.9 Å². The molecule has 0 radical (unpaired) electrons. The molecule has 106 valence electrons. The third kappa shape index (κ3) is 2.72. The molecule has 5 heteroatoms. The maximum atomic E-state index is 8.88. The highest BCUT2D eigenvalue weighted by Gasteiger charge is 2.05. The molecule has 20 heavy (non-hydrogen) atoms. The number of rotatable bonds is 3. The molecular formula is C15H20N4O. The number of imidazole rings is 1. The molecule has 3 rings (SSSR count). The van der Waals surface area contributed by atoms with Crippen molar-refractivity contribution >= 4 is 5.52 Å². The first-order valence-electron chi connectivity index (χ1n) is 6.85. The van der Waals surface area contributed by atoms with Crippen LogP contribution < -0.4 is 0 Å². The van der Waals surface area contributed by atoms with Gasteiger partial charge in [-0.2, -0.15) is 5.10 Å². The molecule has 5 nitrogen and oxygen atoms in total. The second-order valence-electron chi connectivity index (χ2n) is 4.30. The Kier molecular flexibility index (Phi) is 4.53. The molecular weight excluding hydrogens is 252 g/mol. The van der Waals surface area contributed by atoms with E-state index in [2.05, 4.69) is 10.1 Å². The van der Waals surface area contributed by atoms with Crippen LogP contribution in [0.25, 0.3) is 16.8 Å². The minimum atomic E-state index is 0.118. The highest BCUT2D eigenvalue weighted by atomic mass is 16.3. The van der Waals surface area contributed by atoms with Gasteiger partial charge in [0.25, 0.3) is 0 Å². The molecule has 0 aromatic carbocycles. The first kappa shape index (κ1) is 14.3. The van der Waals surface area contributed by atoms with Gasteiger partial charge in [0.15, 0.2) is 0 Å². The molecule has 3 aromatic heterocycles. The molecule has 0 aliphatic carbocycles. The van der Waals surface area contributed by atoms with Gasteiger partial charge in [-0.05, 0) is 24.6 Å². The molecule has 1 N–H and O–H groups in total. The van der Waals surface area contributed by atoms with Gasteiger partial charge in [0, 0.05) is 24.5 Å². The highest BCUT2D eigenvalue weighted by molar-refractivity contribution is 5.63. The zero-order chi connectivity index (χ0) is 14.5. The van der Waals surface area contributed by atoms with Crippen LogP contribution >= 0.6 is 0 Å². The van der Waals surface area contributed by atoms with Crippen molar-refractivity contribution in [3.63, 3.8) is 0 Å². The van der Waals surface area contributed by atoms with Gasteiger partial charge < -0.3 is 9.67 Å². The third-order valence-electron chi connectivity index (χ3n) is 3.00. The lowest BCUT2D eigenvalue weighted by atomic mass is 10.2. The van der Waals surface area contributed by atoms with E-state index in [1.807, 2.05) is 60.6 Å². The monoisotopic (exact) mass is 272 g/mol. The van der Waals surface area contributed by atoms with Gasteiger partial charge >= 0.3 is 0 Å². The van der Waals surface area contributed by atoms with E-state index in [4.69, 9.17) is 5.11 Å². The van der Waals surface area contributed by atoms with Crippen LogP contribution in [0, 0.1) is 6.92 Å². The Morgan fingerprint density at radius 3 is 2.75 bits per heavy atom. The second kappa shape index (κ2) is 6.34. The van der Waals surface area contributed by atoms with E-state index >= 15 is 0 Å². The fraction of sp³-hybridized carbons (Fsp3) is 0.333. The normalized spacial score (nSPS) is 10.4. The van der Waals surface area contributed by atoms with Gasteiger partial charge in [0.05, 0.1) is 30.3 Å². The Bertz CT molecular complexity index is 684. The molecule has 3 aromatic rings. The quantitative estimate of drug-likeness (QED) is 0.797. The summed E-state index contributed by atoms with van der Waals surface area (Å²) in [6, 6.07) is 4.08. The van der Waals surface area contributed by atoms with Gasteiger partial charge in [-0.25, -0.2) is 9.50 Å². The molecule has 0 amide bonds.